The predicted molar refractivity (Wildman–Crippen MR) is 91.3 cm³/mol. The fourth-order valence-electron chi connectivity index (χ4n) is 2.37. The summed E-state index contributed by atoms with van der Waals surface area (Å²) in [6.07, 6.45) is 6.14. The van der Waals surface area contributed by atoms with Gasteiger partial charge in [-0.2, -0.15) is 0 Å². The molecule has 0 aliphatic rings. The number of hydrogen-bond donors (Lipinski definition) is 1. The Kier molecular flexibility index (Phi) is 3.97. The maximum absolute atomic E-state index is 4.39. The van der Waals surface area contributed by atoms with Crippen molar-refractivity contribution in [2.24, 2.45) is 0 Å². The fraction of sp³-hybridized carbons (Fsp3) is 0.105. The van der Waals surface area contributed by atoms with Crippen molar-refractivity contribution in [3.63, 3.8) is 0 Å². The maximum atomic E-state index is 4.39. The normalized spacial score (nSPS) is 11.1. The summed E-state index contributed by atoms with van der Waals surface area (Å²) >= 11 is 0. The second-order valence-electron chi connectivity index (χ2n) is 4.90. The van der Waals surface area contributed by atoms with Crippen LogP contribution >= 0.6 is 0 Å². The monoisotopic (exact) mass is 274 g/mol. The second kappa shape index (κ2) is 6.23. The first kappa shape index (κ1) is 13.4. The molecule has 21 heavy (non-hydrogen) atoms. The highest BCUT2D eigenvalue weighted by Gasteiger charge is 1.97. The van der Waals surface area contributed by atoms with Crippen LogP contribution in [0, 0.1) is 0 Å². The number of hydrogen-bond acceptors (Lipinski definition) is 2. The lowest BCUT2D eigenvalue weighted by molar-refractivity contribution is 1.21. The highest BCUT2D eigenvalue weighted by Crippen LogP contribution is 2.19. The first-order chi connectivity index (χ1) is 10.4. The molecule has 0 spiro atoms. The third kappa shape index (κ3) is 3.11. The molecule has 2 nitrogen and oxygen atoms in total. The van der Waals surface area contributed by atoms with E-state index in [1.807, 2.05) is 30.5 Å². The van der Waals surface area contributed by atoms with Crippen LogP contribution in [0.5, 0.6) is 0 Å². The van der Waals surface area contributed by atoms with Gasteiger partial charge in [0.2, 0.25) is 0 Å². The van der Waals surface area contributed by atoms with Gasteiger partial charge in [0.05, 0.1) is 5.52 Å². The zero-order chi connectivity index (χ0) is 14.5. The van der Waals surface area contributed by atoms with Crippen LogP contribution in [0.15, 0.2) is 60.8 Å². The van der Waals surface area contributed by atoms with Crippen molar-refractivity contribution in [1.29, 1.82) is 0 Å². The SMILES string of the molecule is CCNc1ccc(C=Cc2ccnc3ccccc23)cc1. The minimum atomic E-state index is 0.943. The zero-order valence-electron chi connectivity index (χ0n) is 12.1. The van der Waals surface area contributed by atoms with Crippen LogP contribution in [0.4, 0.5) is 5.69 Å². The van der Waals surface area contributed by atoms with Gasteiger partial charge in [0.25, 0.3) is 0 Å². The third-order valence-electron chi connectivity index (χ3n) is 3.43. The Morgan fingerprint density at radius 3 is 2.57 bits per heavy atom. The van der Waals surface area contributed by atoms with Crippen LogP contribution in [-0.2, 0) is 0 Å². The average Bonchev–Trinajstić information content (AvgIpc) is 2.54. The van der Waals surface area contributed by atoms with Crippen molar-refractivity contribution in [2.75, 3.05) is 11.9 Å². The van der Waals surface area contributed by atoms with E-state index in [1.54, 1.807) is 0 Å². The molecule has 2 heteroatoms. The van der Waals surface area contributed by atoms with Crippen LogP contribution in [0.2, 0.25) is 0 Å². The number of rotatable bonds is 4. The molecule has 0 saturated heterocycles. The van der Waals surface area contributed by atoms with E-state index in [1.165, 1.54) is 16.5 Å². The lowest BCUT2D eigenvalue weighted by Gasteiger charge is -2.03. The molecule has 1 N–H and O–H groups in total. The summed E-state index contributed by atoms with van der Waals surface area (Å²) < 4.78 is 0. The molecule has 0 unspecified atom stereocenters. The smallest absolute Gasteiger partial charge is 0.0707 e. The summed E-state index contributed by atoms with van der Waals surface area (Å²) in [6, 6.07) is 18.7. The van der Waals surface area contributed by atoms with Gasteiger partial charge in [-0.05, 0) is 42.3 Å². The maximum Gasteiger partial charge on any atom is 0.0707 e. The zero-order valence-corrected chi connectivity index (χ0v) is 12.1. The Morgan fingerprint density at radius 1 is 0.952 bits per heavy atom. The Morgan fingerprint density at radius 2 is 1.76 bits per heavy atom. The molecule has 3 rings (SSSR count). The van der Waals surface area contributed by atoms with Gasteiger partial charge in [0.15, 0.2) is 0 Å². The molecule has 1 aromatic heterocycles. The van der Waals surface area contributed by atoms with Gasteiger partial charge in [0.1, 0.15) is 0 Å². The van der Waals surface area contributed by atoms with Crippen molar-refractivity contribution in [1.82, 2.24) is 4.98 Å². The van der Waals surface area contributed by atoms with Crippen molar-refractivity contribution < 1.29 is 0 Å². The van der Waals surface area contributed by atoms with Crippen LogP contribution in [-0.4, -0.2) is 11.5 Å². The number of aromatic nitrogens is 1. The second-order valence-corrected chi connectivity index (χ2v) is 4.90. The van der Waals surface area contributed by atoms with E-state index in [0.717, 1.165) is 17.7 Å². The molecule has 0 bridgehead atoms. The van der Waals surface area contributed by atoms with E-state index < -0.39 is 0 Å². The van der Waals surface area contributed by atoms with Crippen molar-refractivity contribution in [2.45, 2.75) is 6.92 Å². The lowest BCUT2D eigenvalue weighted by Crippen LogP contribution is -1.95. The minimum absolute atomic E-state index is 0.943. The third-order valence-corrected chi connectivity index (χ3v) is 3.43. The summed E-state index contributed by atoms with van der Waals surface area (Å²) in [7, 11) is 0. The van der Waals surface area contributed by atoms with E-state index in [0.29, 0.717) is 0 Å². The molecule has 0 fully saturated rings. The molecule has 3 aromatic rings. The number of nitrogens with zero attached hydrogens (tertiary/aromatic N) is 1. The van der Waals surface area contributed by atoms with E-state index in [9.17, 15) is 0 Å². The van der Waals surface area contributed by atoms with Crippen LogP contribution in [0.3, 0.4) is 0 Å². The molecule has 2 aromatic carbocycles. The van der Waals surface area contributed by atoms with E-state index in [2.05, 4.69) is 59.7 Å². The predicted octanol–water partition coefficient (Wildman–Crippen LogP) is 4.84. The summed E-state index contributed by atoms with van der Waals surface area (Å²) in [5.74, 6) is 0. The molecule has 0 radical (unpaired) electrons. The summed E-state index contributed by atoms with van der Waals surface area (Å²) in [5.41, 5.74) is 4.57. The van der Waals surface area contributed by atoms with E-state index in [-0.39, 0.29) is 0 Å². The summed E-state index contributed by atoms with van der Waals surface area (Å²) in [6.45, 7) is 3.04. The van der Waals surface area contributed by atoms with Crippen molar-refractivity contribution >= 4 is 28.7 Å². The molecule has 0 atom stereocenters. The number of benzene rings is 2. The van der Waals surface area contributed by atoms with Gasteiger partial charge in [-0.15, -0.1) is 0 Å². The summed E-state index contributed by atoms with van der Waals surface area (Å²) in [4.78, 5) is 4.39. The number of para-hydroxylation sites is 1. The van der Waals surface area contributed by atoms with Crippen LogP contribution < -0.4 is 5.32 Å². The van der Waals surface area contributed by atoms with Crippen LogP contribution in [0.25, 0.3) is 23.1 Å². The quantitative estimate of drug-likeness (QED) is 0.736. The highest BCUT2D eigenvalue weighted by molar-refractivity contribution is 5.90. The molecular weight excluding hydrogens is 256 g/mol. The summed E-state index contributed by atoms with van der Waals surface area (Å²) in [5, 5.41) is 4.48. The number of pyridine rings is 1. The molecule has 104 valence electrons. The largest absolute Gasteiger partial charge is 0.385 e. The number of anilines is 1. The lowest BCUT2D eigenvalue weighted by atomic mass is 10.1. The number of fused-ring (bicyclic) bond motifs is 1. The van der Waals surface area contributed by atoms with Crippen molar-refractivity contribution in [3.8, 4) is 0 Å². The Balaban J connectivity index is 1.87. The Hall–Kier alpha value is -2.61. The standard InChI is InChI=1S/C19H18N2/c1-2-20-17-11-8-15(9-12-17)7-10-16-13-14-21-19-6-4-3-5-18(16)19/h3-14,20H,2H2,1H3. The van der Waals surface area contributed by atoms with Gasteiger partial charge in [-0.25, -0.2) is 0 Å². The molecule has 0 aliphatic heterocycles. The minimum Gasteiger partial charge on any atom is -0.385 e. The van der Waals surface area contributed by atoms with Crippen LogP contribution in [0.1, 0.15) is 18.1 Å². The van der Waals surface area contributed by atoms with E-state index in [4.69, 9.17) is 0 Å². The Bertz CT molecular complexity index is 753. The fourth-order valence-corrected chi connectivity index (χ4v) is 2.37. The van der Waals surface area contributed by atoms with Gasteiger partial charge in [0, 0.05) is 23.8 Å². The van der Waals surface area contributed by atoms with Gasteiger partial charge < -0.3 is 5.32 Å². The molecular formula is C19H18N2. The van der Waals surface area contributed by atoms with Gasteiger partial charge in [-0.3, -0.25) is 4.98 Å². The first-order valence-corrected chi connectivity index (χ1v) is 7.22. The van der Waals surface area contributed by atoms with Gasteiger partial charge in [-0.1, -0.05) is 42.5 Å². The first-order valence-electron chi connectivity index (χ1n) is 7.22. The molecule has 0 amide bonds. The highest BCUT2D eigenvalue weighted by atomic mass is 14.8. The molecule has 0 aliphatic carbocycles. The van der Waals surface area contributed by atoms with Gasteiger partial charge >= 0.3 is 0 Å². The van der Waals surface area contributed by atoms with Crippen molar-refractivity contribution in [3.05, 3.63) is 71.9 Å². The molecule has 0 saturated carbocycles. The topological polar surface area (TPSA) is 24.9 Å². The van der Waals surface area contributed by atoms with E-state index >= 15 is 0 Å². The average molecular weight is 274 g/mol. The number of nitrogens with one attached hydrogen (secondary N) is 1. The molecule has 1 heterocycles. The Labute approximate surface area is 125 Å².